The predicted molar refractivity (Wildman–Crippen MR) is 124 cm³/mol. The van der Waals surface area contributed by atoms with Crippen LogP contribution in [0.2, 0.25) is 3.63 Å². The molecule has 2 aliphatic carbocycles. The third-order valence-corrected chi connectivity index (χ3v) is 14.3. The topological polar surface area (TPSA) is 0 Å². The number of benzene rings is 1. The first-order chi connectivity index (χ1) is 13.5. The van der Waals surface area contributed by atoms with Crippen LogP contribution in [-0.4, -0.2) is 0 Å². The maximum absolute atomic E-state index is 2.57. The standard InChI is InChI=1S/C21H31.C7H7.Zr/c1-12-13(2)17(6)20(9,16(12)5)11-21(10)18(7)14(3)15(4)19(21)8;1-7-5-3-2-4-6-7;/h11H,1-10H3;2-6H,1H2;. The molecule has 1 aromatic rings. The Morgan fingerprint density at radius 1 is 0.621 bits per heavy atom. The summed E-state index contributed by atoms with van der Waals surface area (Å²) in [5, 5.41) is 0. The van der Waals surface area contributed by atoms with Crippen molar-refractivity contribution in [3.8, 4) is 0 Å². The summed E-state index contributed by atoms with van der Waals surface area (Å²) in [5.41, 5.74) is 14.5. The third kappa shape index (κ3) is 3.27. The molecule has 0 N–H and O–H groups in total. The van der Waals surface area contributed by atoms with Crippen LogP contribution in [0.3, 0.4) is 0 Å². The molecule has 1 heteroatoms. The first-order valence-corrected chi connectivity index (χ1v) is 14.1. The molecule has 0 fully saturated rings. The Kier molecular flexibility index (Phi) is 6.24. The Balaban J connectivity index is 2.17. The minimum absolute atomic E-state index is 0.178. The van der Waals surface area contributed by atoms with Gasteiger partial charge in [-0.25, -0.2) is 0 Å². The van der Waals surface area contributed by atoms with E-state index in [0.717, 1.165) is 0 Å². The molecule has 0 spiro atoms. The minimum atomic E-state index is -0.757. The van der Waals surface area contributed by atoms with Crippen LogP contribution in [0.5, 0.6) is 0 Å². The second kappa shape index (κ2) is 7.96. The summed E-state index contributed by atoms with van der Waals surface area (Å²) in [6.07, 6.45) is 0. The summed E-state index contributed by atoms with van der Waals surface area (Å²) < 4.78 is 2.01. The molecule has 0 saturated carbocycles. The number of hydrogen-bond acceptors (Lipinski definition) is 0. The van der Waals surface area contributed by atoms with E-state index in [0.29, 0.717) is 3.63 Å². The first-order valence-electron chi connectivity index (χ1n) is 11.0. The first kappa shape index (κ1) is 22.7. The molecule has 0 aromatic heterocycles. The molecule has 0 radical (unpaired) electrons. The average Bonchev–Trinajstić information content (AvgIpc) is 2.96. The molecule has 0 atom stereocenters. The van der Waals surface area contributed by atoms with E-state index < -0.39 is 23.2 Å². The second-order valence-electron chi connectivity index (χ2n) is 9.70. The van der Waals surface area contributed by atoms with Crippen molar-refractivity contribution in [3.05, 3.63) is 80.5 Å². The van der Waals surface area contributed by atoms with Crippen LogP contribution in [0.4, 0.5) is 0 Å². The Bertz CT molecular complexity index is 843. The molecular formula is C28H38Zr. The Morgan fingerprint density at radius 2 is 0.966 bits per heavy atom. The fourth-order valence-electron chi connectivity index (χ4n) is 5.91. The van der Waals surface area contributed by atoms with Gasteiger partial charge >= 0.3 is 192 Å². The summed E-state index contributed by atoms with van der Waals surface area (Å²) in [6, 6.07) is 11.2. The van der Waals surface area contributed by atoms with E-state index in [-0.39, 0.29) is 10.8 Å². The van der Waals surface area contributed by atoms with Gasteiger partial charge in [0, 0.05) is 0 Å². The summed E-state index contributed by atoms with van der Waals surface area (Å²) in [7, 11) is 0. The Morgan fingerprint density at radius 3 is 1.31 bits per heavy atom. The van der Waals surface area contributed by atoms with Crippen molar-refractivity contribution >= 4 is 0 Å². The fraction of sp³-hybridized carbons (Fsp3) is 0.500. The number of allylic oxidation sites excluding steroid dienone is 8. The molecule has 154 valence electrons. The quantitative estimate of drug-likeness (QED) is 0.409. The van der Waals surface area contributed by atoms with Gasteiger partial charge in [-0.2, -0.15) is 0 Å². The molecule has 0 heterocycles. The van der Waals surface area contributed by atoms with E-state index in [4.69, 9.17) is 0 Å². The second-order valence-corrected chi connectivity index (χ2v) is 13.0. The van der Waals surface area contributed by atoms with Crippen LogP contribution in [0.15, 0.2) is 74.9 Å². The van der Waals surface area contributed by atoms with Crippen LogP contribution in [0.1, 0.15) is 74.8 Å². The van der Waals surface area contributed by atoms with Crippen molar-refractivity contribution in [3.63, 3.8) is 0 Å². The average molecular weight is 466 g/mol. The summed E-state index contributed by atoms with van der Waals surface area (Å²) in [6.45, 7) is 24.2. The summed E-state index contributed by atoms with van der Waals surface area (Å²) >= 11 is -0.757. The van der Waals surface area contributed by atoms with E-state index >= 15 is 0 Å². The van der Waals surface area contributed by atoms with Gasteiger partial charge in [-0.3, -0.25) is 0 Å². The van der Waals surface area contributed by atoms with Gasteiger partial charge in [-0.15, -0.1) is 0 Å². The molecule has 1 aromatic carbocycles. The van der Waals surface area contributed by atoms with Crippen molar-refractivity contribution in [1.82, 2.24) is 0 Å². The van der Waals surface area contributed by atoms with Crippen molar-refractivity contribution in [2.45, 2.75) is 77.0 Å². The molecule has 0 nitrogen and oxygen atoms in total. The van der Waals surface area contributed by atoms with Gasteiger partial charge in [0.15, 0.2) is 0 Å². The molecule has 29 heavy (non-hydrogen) atoms. The van der Waals surface area contributed by atoms with Crippen LogP contribution in [0, 0.1) is 10.8 Å². The van der Waals surface area contributed by atoms with Crippen LogP contribution >= 0.6 is 0 Å². The van der Waals surface area contributed by atoms with E-state index in [1.165, 1.54) is 32.0 Å². The van der Waals surface area contributed by atoms with Gasteiger partial charge in [0.1, 0.15) is 0 Å². The van der Waals surface area contributed by atoms with E-state index in [2.05, 4.69) is 99.6 Å². The van der Waals surface area contributed by atoms with Crippen LogP contribution in [0.25, 0.3) is 0 Å². The van der Waals surface area contributed by atoms with E-state index in [1.807, 2.05) is 0 Å². The molecule has 3 rings (SSSR count). The SMILES string of the molecule is CC1=C(C)C(C)([CH]([Zr][CH2]c2ccccc2)C2(C)C(C)=C(C)C(C)=C2C)C(C)=C1C. The summed E-state index contributed by atoms with van der Waals surface area (Å²) in [4.78, 5) is 0. The van der Waals surface area contributed by atoms with Gasteiger partial charge in [-0.1, -0.05) is 0 Å². The fourth-order valence-corrected chi connectivity index (χ4v) is 11.7. The number of rotatable bonds is 5. The molecule has 0 amide bonds. The predicted octanol–water partition coefficient (Wildman–Crippen LogP) is 8.44. The van der Waals surface area contributed by atoms with Gasteiger partial charge in [0.2, 0.25) is 0 Å². The maximum atomic E-state index is 2.57. The van der Waals surface area contributed by atoms with Crippen molar-refractivity contribution in [2.24, 2.45) is 10.8 Å². The monoisotopic (exact) mass is 464 g/mol. The molecular weight excluding hydrogens is 428 g/mol. The van der Waals surface area contributed by atoms with Gasteiger partial charge in [0.25, 0.3) is 0 Å². The molecule has 0 bridgehead atoms. The summed E-state index contributed by atoms with van der Waals surface area (Å²) in [5.74, 6) is 0. The zero-order chi connectivity index (χ0) is 21.7. The van der Waals surface area contributed by atoms with Crippen molar-refractivity contribution in [1.29, 1.82) is 0 Å². The van der Waals surface area contributed by atoms with Crippen LogP contribution in [-0.2, 0) is 27.4 Å². The van der Waals surface area contributed by atoms with E-state index in [1.54, 1.807) is 22.3 Å². The number of hydrogen-bond donors (Lipinski definition) is 0. The molecule has 0 aliphatic heterocycles. The zero-order valence-corrected chi connectivity index (χ0v) is 22.6. The van der Waals surface area contributed by atoms with Crippen LogP contribution < -0.4 is 0 Å². The third-order valence-electron chi connectivity index (χ3n) is 9.00. The normalized spacial score (nSPS) is 21.2. The van der Waals surface area contributed by atoms with Gasteiger partial charge < -0.3 is 0 Å². The zero-order valence-electron chi connectivity index (χ0n) is 20.2. The van der Waals surface area contributed by atoms with Gasteiger partial charge in [-0.05, 0) is 0 Å². The van der Waals surface area contributed by atoms with E-state index in [9.17, 15) is 0 Å². The molecule has 0 saturated heterocycles. The molecule has 2 aliphatic rings. The van der Waals surface area contributed by atoms with Crippen molar-refractivity contribution < 1.29 is 23.2 Å². The Labute approximate surface area is 190 Å². The van der Waals surface area contributed by atoms with Gasteiger partial charge in [0.05, 0.1) is 0 Å². The Hall–Kier alpha value is -0.937. The van der Waals surface area contributed by atoms with Crippen molar-refractivity contribution in [2.75, 3.05) is 0 Å². The molecule has 0 unspecified atom stereocenters.